The zero-order valence-corrected chi connectivity index (χ0v) is 11.2. The van der Waals surface area contributed by atoms with Crippen LogP contribution in [-0.2, 0) is 13.6 Å². The second-order valence-corrected chi connectivity index (χ2v) is 4.47. The fourth-order valence-electron chi connectivity index (χ4n) is 1.75. The summed E-state index contributed by atoms with van der Waals surface area (Å²) in [6.07, 6.45) is 0. The number of rotatable bonds is 3. The van der Waals surface area contributed by atoms with Gasteiger partial charge < -0.3 is 4.90 Å². The van der Waals surface area contributed by atoms with Crippen LogP contribution in [0.3, 0.4) is 0 Å². The lowest BCUT2D eigenvalue weighted by Crippen LogP contribution is -2.30. The Labute approximate surface area is 115 Å². The SMILES string of the molecule is CN(Cc1ccc(F)cc1)C(=O)c1ccc(=O)n(C)n1. The van der Waals surface area contributed by atoms with Crippen molar-refractivity contribution in [2.24, 2.45) is 7.05 Å². The molecule has 0 aliphatic rings. The van der Waals surface area contributed by atoms with Gasteiger partial charge in [-0.05, 0) is 23.8 Å². The molecule has 0 spiro atoms. The lowest BCUT2D eigenvalue weighted by Gasteiger charge is -2.16. The van der Waals surface area contributed by atoms with E-state index in [0.717, 1.165) is 10.2 Å². The van der Waals surface area contributed by atoms with Crippen molar-refractivity contribution in [3.63, 3.8) is 0 Å². The van der Waals surface area contributed by atoms with E-state index in [1.165, 1.54) is 36.2 Å². The molecule has 1 aromatic carbocycles. The summed E-state index contributed by atoms with van der Waals surface area (Å²) in [5, 5.41) is 3.90. The van der Waals surface area contributed by atoms with E-state index < -0.39 is 0 Å². The maximum atomic E-state index is 12.8. The van der Waals surface area contributed by atoms with Crippen LogP contribution in [0.15, 0.2) is 41.2 Å². The molecule has 0 aliphatic carbocycles. The molecular weight excluding hydrogens is 261 g/mol. The number of aromatic nitrogens is 2. The molecule has 0 saturated heterocycles. The highest BCUT2D eigenvalue weighted by Crippen LogP contribution is 2.07. The largest absolute Gasteiger partial charge is 0.336 e. The topological polar surface area (TPSA) is 55.2 Å². The number of benzene rings is 1. The van der Waals surface area contributed by atoms with Crippen molar-refractivity contribution in [1.29, 1.82) is 0 Å². The standard InChI is InChI=1S/C14H14FN3O2/c1-17(9-10-3-5-11(15)6-4-10)14(20)12-7-8-13(19)18(2)16-12/h3-8H,9H2,1-2H3. The minimum absolute atomic E-state index is 0.191. The highest BCUT2D eigenvalue weighted by molar-refractivity contribution is 5.91. The summed E-state index contributed by atoms with van der Waals surface area (Å²) in [7, 11) is 3.11. The van der Waals surface area contributed by atoms with Crippen LogP contribution in [0.1, 0.15) is 16.1 Å². The van der Waals surface area contributed by atoms with Crippen molar-refractivity contribution in [1.82, 2.24) is 14.7 Å². The summed E-state index contributed by atoms with van der Waals surface area (Å²) in [5.74, 6) is -0.618. The van der Waals surface area contributed by atoms with E-state index in [-0.39, 0.29) is 23.0 Å². The predicted molar refractivity (Wildman–Crippen MR) is 71.7 cm³/mol. The van der Waals surface area contributed by atoms with Crippen molar-refractivity contribution < 1.29 is 9.18 Å². The molecule has 6 heteroatoms. The second-order valence-electron chi connectivity index (χ2n) is 4.47. The molecule has 0 aliphatic heterocycles. The zero-order valence-electron chi connectivity index (χ0n) is 11.2. The van der Waals surface area contributed by atoms with Crippen LogP contribution in [0.25, 0.3) is 0 Å². The highest BCUT2D eigenvalue weighted by atomic mass is 19.1. The van der Waals surface area contributed by atoms with E-state index >= 15 is 0 Å². The van der Waals surface area contributed by atoms with E-state index in [1.807, 2.05) is 0 Å². The van der Waals surface area contributed by atoms with Gasteiger partial charge in [0.1, 0.15) is 11.5 Å². The first kappa shape index (κ1) is 13.9. The zero-order chi connectivity index (χ0) is 14.7. The van der Waals surface area contributed by atoms with Crippen LogP contribution < -0.4 is 5.56 Å². The molecule has 0 unspecified atom stereocenters. The normalized spacial score (nSPS) is 10.3. The van der Waals surface area contributed by atoms with Gasteiger partial charge in [-0.1, -0.05) is 12.1 Å². The fourth-order valence-corrected chi connectivity index (χ4v) is 1.75. The summed E-state index contributed by atoms with van der Waals surface area (Å²) in [5.41, 5.74) is 0.728. The minimum Gasteiger partial charge on any atom is -0.336 e. The van der Waals surface area contributed by atoms with Crippen molar-refractivity contribution in [2.75, 3.05) is 7.05 Å². The van der Waals surface area contributed by atoms with Crippen LogP contribution in [-0.4, -0.2) is 27.6 Å². The molecule has 0 bridgehead atoms. The van der Waals surface area contributed by atoms with Crippen molar-refractivity contribution in [3.05, 3.63) is 63.8 Å². The molecule has 20 heavy (non-hydrogen) atoms. The van der Waals surface area contributed by atoms with Gasteiger partial charge in [0.2, 0.25) is 0 Å². The second kappa shape index (κ2) is 5.64. The molecule has 1 heterocycles. The highest BCUT2D eigenvalue weighted by Gasteiger charge is 2.14. The average molecular weight is 275 g/mol. The molecule has 1 aromatic heterocycles. The smallest absolute Gasteiger partial charge is 0.274 e. The maximum Gasteiger partial charge on any atom is 0.274 e. The lowest BCUT2D eigenvalue weighted by atomic mass is 10.2. The van der Waals surface area contributed by atoms with Gasteiger partial charge >= 0.3 is 0 Å². The lowest BCUT2D eigenvalue weighted by molar-refractivity contribution is 0.0776. The van der Waals surface area contributed by atoms with Crippen LogP contribution in [0.4, 0.5) is 4.39 Å². The van der Waals surface area contributed by atoms with Gasteiger partial charge in [-0.2, -0.15) is 5.10 Å². The molecular formula is C14H14FN3O2. The number of halogens is 1. The quantitative estimate of drug-likeness (QED) is 0.845. The van der Waals surface area contributed by atoms with Crippen molar-refractivity contribution in [2.45, 2.75) is 6.54 Å². The molecule has 0 fully saturated rings. The van der Waals surface area contributed by atoms with Crippen molar-refractivity contribution in [3.8, 4) is 0 Å². The van der Waals surface area contributed by atoms with Gasteiger partial charge in [-0.3, -0.25) is 9.59 Å². The van der Waals surface area contributed by atoms with E-state index in [4.69, 9.17) is 0 Å². The van der Waals surface area contributed by atoms with Crippen molar-refractivity contribution >= 4 is 5.91 Å². The third kappa shape index (κ3) is 3.09. The first-order chi connectivity index (χ1) is 9.47. The van der Waals surface area contributed by atoms with Crippen LogP contribution in [0, 0.1) is 5.82 Å². The number of nitrogens with zero attached hydrogens (tertiary/aromatic N) is 3. The number of aryl methyl sites for hydroxylation is 1. The monoisotopic (exact) mass is 275 g/mol. The Bertz CT molecular complexity index is 680. The third-order valence-electron chi connectivity index (χ3n) is 2.86. The molecule has 2 aromatic rings. The summed E-state index contributed by atoms with van der Waals surface area (Å²) in [6, 6.07) is 8.62. The van der Waals surface area contributed by atoms with Gasteiger partial charge in [-0.15, -0.1) is 0 Å². The van der Waals surface area contributed by atoms with Crippen LogP contribution >= 0.6 is 0 Å². The van der Waals surface area contributed by atoms with E-state index in [1.54, 1.807) is 19.2 Å². The van der Waals surface area contributed by atoms with Crippen LogP contribution in [0.2, 0.25) is 0 Å². The Morgan fingerprint density at radius 1 is 1.25 bits per heavy atom. The first-order valence-corrected chi connectivity index (χ1v) is 6.01. The Hall–Kier alpha value is -2.50. The summed E-state index contributed by atoms with van der Waals surface area (Å²) in [4.78, 5) is 24.8. The number of amides is 1. The van der Waals surface area contributed by atoms with E-state index in [0.29, 0.717) is 6.54 Å². The first-order valence-electron chi connectivity index (χ1n) is 6.01. The average Bonchev–Trinajstić information content (AvgIpc) is 2.43. The molecule has 2 rings (SSSR count). The molecule has 0 atom stereocenters. The number of hydrogen-bond donors (Lipinski definition) is 0. The maximum absolute atomic E-state index is 12.8. The van der Waals surface area contributed by atoms with Gasteiger partial charge in [0.15, 0.2) is 0 Å². The summed E-state index contributed by atoms with van der Waals surface area (Å²) >= 11 is 0. The van der Waals surface area contributed by atoms with Gasteiger partial charge in [-0.25, -0.2) is 9.07 Å². The Balaban J connectivity index is 2.13. The Morgan fingerprint density at radius 3 is 2.50 bits per heavy atom. The Kier molecular flexibility index (Phi) is 3.93. The van der Waals surface area contributed by atoms with Gasteiger partial charge in [0, 0.05) is 26.7 Å². The van der Waals surface area contributed by atoms with Crippen LogP contribution in [0.5, 0.6) is 0 Å². The number of carbonyl (C=O) groups excluding carboxylic acids is 1. The van der Waals surface area contributed by atoms with Gasteiger partial charge in [0.05, 0.1) is 0 Å². The fraction of sp³-hybridized carbons (Fsp3) is 0.214. The molecule has 0 saturated carbocycles. The van der Waals surface area contributed by atoms with Gasteiger partial charge in [0.25, 0.3) is 11.5 Å². The summed E-state index contributed by atoms with van der Waals surface area (Å²) < 4.78 is 13.9. The molecule has 104 valence electrons. The Morgan fingerprint density at radius 2 is 1.90 bits per heavy atom. The number of hydrogen-bond acceptors (Lipinski definition) is 3. The summed E-state index contributed by atoms with van der Waals surface area (Å²) in [6.45, 7) is 0.337. The number of carbonyl (C=O) groups is 1. The van der Waals surface area contributed by atoms with E-state index in [2.05, 4.69) is 5.10 Å². The third-order valence-corrected chi connectivity index (χ3v) is 2.86. The molecule has 1 amide bonds. The minimum atomic E-state index is -0.317. The predicted octanol–water partition coefficient (Wildman–Crippen LogP) is 1.19. The van der Waals surface area contributed by atoms with E-state index in [9.17, 15) is 14.0 Å². The molecule has 0 radical (unpaired) electrons. The molecule has 5 nitrogen and oxygen atoms in total. The molecule has 0 N–H and O–H groups in total.